The van der Waals surface area contributed by atoms with E-state index in [1.165, 1.54) is 0 Å². The first-order valence-electron chi connectivity index (χ1n) is 3.28. The SMILES string of the molecule is CC(C)(C)c1cc(=S)[nH][nH]1. The Bertz CT molecular complexity index is 264. The Morgan fingerprint density at radius 1 is 1.30 bits per heavy atom. The van der Waals surface area contributed by atoms with Crippen molar-refractivity contribution in [3.63, 3.8) is 0 Å². The first kappa shape index (κ1) is 7.54. The average Bonchev–Trinajstić information content (AvgIpc) is 2.11. The molecule has 0 spiro atoms. The van der Waals surface area contributed by atoms with Gasteiger partial charge in [-0.25, -0.2) is 0 Å². The summed E-state index contributed by atoms with van der Waals surface area (Å²) in [5.41, 5.74) is 1.31. The first-order valence-corrected chi connectivity index (χ1v) is 3.69. The lowest BCUT2D eigenvalue weighted by atomic mass is 9.93. The minimum Gasteiger partial charge on any atom is -0.304 e. The van der Waals surface area contributed by atoms with E-state index >= 15 is 0 Å². The lowest BCUT2D eigenvalue weighted by molar-refractivity contribution is 0.567. The van der Waals surface area contributed by atoms with E-state index in [4.69, 9.17) is 12.2 Å². The van der Waals surface area contributed by atoms with Crippen LogP contribution >= 0.6 is 12.2 Å². The van der Waals surface area contributed by atoms with E-state index in [0.29, 0.717) is 0 Å². The summed E-state index contributed by atoms with van der Waals surface area (Å²) < 4.78 is 0.768. The molecule has 0 bridgehead atoms. The Balaban J connectivity index is 3.07. The molecule has 0 amide bonds. The number of hydrogen-bond donors (Lipinski definition) is 2. The second-order valence-corrected chi connectivity index (χ2v) is 3.86. The second kappa shape index (κ2) is 2.23. The van der Waals surface area contributed by atoms with Crippen LogP contribution in [0, 0.1) is 4.64 Å². The lowest BCUT2D eigenvalue weighted by Gasteiger charge is -2.14. The average molecular weight is 156 g/mol. The molecule has 1 heterocycles. The molecule has 2 N–H and O–H groups in total. The fraction of sp³-hybridized carbons (Fsp3) is 0.571. The van der Waals surface area contributed by atoms with Crippen LogP contribution in [0.25, 0.3) is 0 Å². The van der Waals surface area contributed by atoms with Crippen molar-refractivity contribution in [1.29, 1.82) is 0 Å². The largest absolute Gasteiger partial charge is 0.304 e. The Morgan fingerprint density at radius 3 is 2.10 bits per heavy atom. The van der Waals surface area contributed by atoms with Crippen LogP contribution in [0.2, 0.25) is 0 Å². The van der Waals surface area contributed by atoms with E-state index in [-0.39, 0.29) is 5.41 Å². The molecule has 1 aromatic rings. The van der Waals surface area contributed by atoms with Gasteiger partial charge in [-0.2, -0.15) is 0 Å². The van der Waals surface area contributed by atoms with Crippen molar-refractivity contribution in [3.8, 4) is 0 Å². The quantitative estimate of drug-likeness (QED) is 0.555. The Morgan fingerprint density at radius 2 is 1.90 bits per heavy atom. The predicted molar refractivity (Wildman–Crippen MR) is 44.7 cm³/mol. The van der Waals surface area contributed by atoms with Gasteiger partial charge in [0.1, 0.15) is 4.64 Å². The van der Waals surface area contributed by atoms with Crippen molar-refractivity contribution >= 4 is 12.2 Å². The fourth-order valence-corrected chi connectivity index (χ4v) is 0.905. The Labute approximate surface area is 65.6 Å². The van der Waals surface area contributed by atoms with Crippen LogP contribution in [-0.2, 0) is 5.41 Å². The van der Waals surface area contributed by atoms with Crippen LogP contribution in [0.4, 0.5) is 0 Å². The molecule has 0 aromatic carbocycles. The van der Waals surface area contributed by atoms with Crippen LogP contribution in [0.5, 0.6) is 0 Å². The van der Waals surface area contributed by atoms with Crippen molar-refractivity contribution in [1.82, 2.24) is 10.2 Å². The van der Waals surface area contributed by atoms with Crippen LogP contribution < -0.4 is 0 Å². The molecular weight excluding hydrogens is 144 g/mol. The molecule has 1 aromatic heterocycles. The smallest absolute Gasteiger partial charge is 0.119 e. The Hall–Kier alpha value is -0.570. The molecule has 0 aliphatic heterocycles. The van der Waals surface area contributed by atoms with Gasteiger partial charge < -0.3 is 5.10 Å². The summed E-state index contributed by atoms with van der Waals surface area (Å²) in [6.07, 6.45) is 0. The molecule has 0 atom stereocenters. The third-order valence-corrected chi connectivity index (χ3v) is 1.62. The van der Waals surface area contributed by atoms with Gasteiger partial charge in [-0.3, -0.25) is 5.10 Å². The zero-order valence-electron chi connectivity index (χ0n) is 6.49. The number of aromatic nitrogens is 2. The topological polar surface area (TPSA) is 31.6 Å². The fourth-order valence-electron chi connectivity index (χ4n) is 0.736. The van der Waals surface area contributed by atoms with Gasteiger partial charge in [0.05, 0.1) is 0 Å². The standard InChI is InChI=1S/C7H12N2S/c1-7(2,3)5-4-6(10)9-8-5/h4H,1-3H3,(H2,8,9,10). The molecule has 0 radical (unpaired) electrons. The van der Waals surface area contributed by atoms with Gasteiger partial charge in [0.15, 0.2) is 0 Å². The van der Waals surface area contributed by atoms with Crippen molar-refractivity contribution < 1.29 is 0 Å². The van der Waals surface area contributed by atoms with Crippen LogP contribution in [-0.4, -0.2) is 10.2 Å². The molecule has 10 heavy (non-hydrogen) atoms. The number of aromatic amines is 2. The summed E-state index contributed by atoms with van der Waals surface area (Å²) in [6, 6.07) is 1.95. The number of rotatable bonds is 0. The maximum atomic E-state index is 4.91. The van der Waals surface area contributed by atoms with E-state index in [0.717, 1.165) is 10.3 Å². The maximum absolute atomic E-state index is 4.91. The van der Waals surface area contributed by atoms with Crippen molar-refractivity contribution in [2.75, 3.05) is 0 Å². The summed E-state index contributed by atoms with van der Waals surface area (Å²) in [5, 5.41) is 5.88. The van der Waals surface area contributed by atoms with Crippen molar-refractivity contribution in [3.05, 3.63) is 16.4 Å². The molecule has 0 aliphatic rings. The van der Waals surface area contributed by atoms with E-state index in [1.807, 2.05) is 6.07 Å². The van der Waals surface area contributed by atoms with Crippen LogP contribution in [0.1, 0.15) is 26.5 Å². The highest BCUT2D eigenvalue weighted by Crippen LogP contribution is 2.18. The molecule has 56 valence electrons. The third kappa shape index (κ3) is 1.48. The molecule has 3 heteroatoms. The van der Waals surface area contributed by atoms with Gasteiger partial charge in [0, 0.05) is 11.1 Å². The molecule has 0 saturated heterocycles. The molecule has 0 aliphatic carbocycles. The summed E-state index contributed by atoms with van der Waals surface area (Å²) in [5.74, 6) is 0. The molecule has 0 unspecified atom stereocenters. The zero-order valence-corrected chi connectivity index (χ0v) is 7.30. The van der Waals surface area contributed by atoms with Crippen LogP contribution in [0.3, 0.4) is 0 Å². The molecule has 2 nitrogen and oxygen atoms in total. The van der Waals surface area contributed by atoms with E-state index in [9.17, 15) is 0 Å². The molecule has 0 saturated carbocycles. The highest BCUT2D eigenvalue weighted by atomic mass is 32.1. The van der Waals surface area contributed by atoms with Gasteiger partial charge in [-0.05, 0) is 6.07 Å². The summed E-state index contributed by atoms with van der Waals surface area (Å²) in [7, 11) is 0. The number of H-pyrrole nitrogens is 2. The normalized spacial score (nSPS) is 11.9. The minimum absolute atomic E-state index is 0.160. The first-order chi connectivity index (χ1) is 4.50. The zero-order chi connectivity index (χ0) is 7.78. The minimum atomic E-state index is 0.160. The van der Waals surface area contributed by atoms with Gasteiger partial charge in [-0.1, -0.05) is 33.0 Å². The second-order valence-electron chi connectivity index (χ2n) is 3.42. The van der Waals surface area contributed by atoms with Crippen molar-refractivity contribution in [2.45, 2.75) is 26.2 Å². The third-order valence-electron chi connectivity index (χ3n) is 1.40. The van der Waals surface area contributed by atoms with Gasteiger partial charge in [0.25, 0.3) is 0 Å². The van der Waals surface area contributed by atoms with E-state index in [1.54, 1.807) is 0 Å². The molecular formula is C7H12N2S. The number of hydrogen-bond acceptors (Lipinski definition) is 1. The highest BCUT2D eigenvalue weighted by molar-refractivity contribution is 7.71. The lowest BCUT2D eigenvalue weighted by Crippen LogP contribution is -2.11. The monoisotopic (exact) mass is 156 g/mol. The van der Waals surface area contributed by atoms with Gasteiger partial charge in [-0.15, -0.1) is 0 Å². The summed E-state index contributed by atoms with van der Waals surface area (Å²) >= 11 is 4.91. The van der Waals surface area contributed by atoms with Gasteiger partial charge >= 0.3 is 0 Å². The molecule has 1 rings (SSSR count). The Kier molecular flexibility index (Phi) is 1.68. The number of nitrogens with one attached hydrogen (secondary N) is 2. The van der Waals surface area contributed by atoms with Gasteiger partial charge in [0.2, 0.25) is 0 Å². The van der Waals surface area contributed by atoms with Crippen LogP contribution in [0.15, 0.2) is 6.07 Å². The maximum Gasteiger partial charge on any atom is 0.119 e. The van der Waals surface area contributed by atoms with Crippen molar-refractivity contribution in [2.24, 2.45) is 0 Å². The highest BCUT2D eigenvalue weighted by Gasteiger charge is 2.14. The molecule has 0 fully saturated rings. The van der Waals surface area contributed by atoms with E-state index in [2.05, 4.69) is 31.0 Å². The summed E-state index contributed by atoms with van der Waals surface area (Å²) in [4.78, 5) is 0. The predicted octanol–water partition coefficient (Wildman–Crippen LogP) is 2.37. The van der Waals surface area contributed by atoms with E-state index < -0.39 is 0 Å². The summed E-state index contributed by atoms with van der Waals surface area (Å²) in [6.45, 7) is 6.42.